The molecule has 2 N–H and O–H groups in total. The predicted molar refractivity (Wildman–Crippen MR) is 109 cm³/mol. The van der Waals surface area contributed by atoms with Crippen LogP contribution in [-0.2, 0) is 4.79 Å². The monoisotopic (exact) mass is 405 g/mol. The van der Waals surface area contributed by atoms with Gasteiger partial charge in [-0.1, -0.05) is 25.0 Å². The topological polar surface area (TPSA) is 78.5 Å². The fourth-order valence-electron chi connectivity index (χ4n) is 4.69. The molecule has 1 aromatic carbocycles. The number of imide groups is 1. The van der Waals surface area contributed by atoms with Crippen LogP contribution >= 0.6 is 12.4 Å². The second-order valence-corrected chi connectivity index (χ2v) is 7.91. The maximum atomic E-state index is 12.4. The molecule has 0 spiro atoms. The van der Waals surface area contributed by atoms with Gasteiger partial charge in [-0.25, -0.2) is 0 Å². The molecular formula is C21H28ClN3O3. The summed E-state index contributed by atoms with van der Waals surface area (Å²) in [5.41, 5.74) is 0.981. The van der Waals surface area contributed by atoms with E-state index in [0.717, 1.165) is 12.8 Å². The average molecular weight is 406 g/mol. The minimum atomic E-state index is -0.211. The van der Waals surface area contributed by atoms with E-state index >= 15 is 0 Å². The summed E-state index contributed by atoms with van der Waals surface area (Å²) >= 11 is 0. The van der Waals surface area contributed by atoms with Gasteiger partial charge in [0.2, 0.25) is 5.91 Å². The molecule has 1 saturated heterocycles. The number of nitrogens with zero attached hydrogens (tertiary/aromatic N) is 1. The number of carbonyl (C=O) groups is 3. The van der Waals surface area contributed by atoms with Crippen molar-refractivity contribution < 1.29 is 14.4 Å². The minimum absolute atomic E-state index is 0. The van der Waals surface area contributed by atoms with Crippen molar-refractivity contribution in [3.63, 3.8) is 0 Å². The maximum absolute atomic E-state index is 12.4. The predicted octanol–water partition coefficient (Wildman–Crippen LogP) is 2.52. The summed E-state index contributed by atoms with van der Waals surface area (Å²) in [7, 11) is 0. The van der Waals surface area contributed by atoms with Crippen LogP contribution < -0.4 is 10.6 Å². The van der Waals surface area contributed by atoms with Gasteiger partial charge in [-0.05, 0) is 50.2 Å². The molecule has 1 aromatic rings. The molecule has 3 aliphatic rings. The molecule has 1 saturated carbocycles. The fraction of sp³-hybridized carbons (Fsp3) is 0.571. The SMILES string of the molecule is Cl.O=C(NCCCCN1C(=O)c2ccccc2C1=O)C1CC2CCCCC2N1. The molecule has 2 fully saturated rings. The van der Waals surface area contributed by atoms with Crippen LogP contribution in [0.2, 0.25) is 0 Å². The number of amides is 3. The summed E-state index contributed by atoms with van der Waals surface area (Å²) in [6.45, 7) is 0.976. The normalized spacial score (nSPS) is 25.9. The Balaban J connectivity index is 0.00000225. The van der Waals surface area contributed by atoms with Gasteiger partial charge in [0.1, 0.15) is 0 Å². The molecule has 6 nitrogen and oxygen atoms in total. The van der Waals surface area contributed by atoms with E-state index in [2.05, 4.69) is 10.6 Å². The first kappa shape index (κ1) is 20.8. The second kappa shape index (κ2) is 9.05. The first-order valence-electron chi connectivity index (χ1n) is 10.1. The highest BCUT2D eigenvalue weighted by Crippen LogP contribution is 2.33. The molecule has 28 heavy (non-hydrogen) atoms. The molecule has 3 unspecified atom stereocenters. The Morgan fingerprint density at radius 1 is 1.07 bits per heavy atom. The summed E-state index contributed by atoms with van der Waals surface area (Å²) < 4.78 is 0. The summed E-state index contributed by atoms with van der Waals surface area (Å²) in [5, 5.41) is 6.50. The smallest absolute Gasteiger partial charge is 0.261 e. The molecule has 2 aliphatic heterocycles. The van der Waals surface area contributed by atoms with Crippen molar-refractivity contribution in [1.29, 1.82) is 0 Å². The largest absolute Gasteiger partial charge is 0.355 e. The zero-order valence-electron chi connectivity index (χ0n) is 16.0. The zero-order chi connectivity index (χ0) is 18.8. The highest BCUT2D eigenvalue weighted by atomic mass is 35.5. The fourth-order valence-corrected chi connectivity index (χ4v) is 4.69. The van der Waals surface area contributed by atoms with Gasteiger partial charge >= 0.3 is 0 Å². The number of carbonyl (C=O) groups excluding carboxylic acids is 3. The highest BCUT2D eigenvalue weighted by molar-refractivity contribution is 6.21. The standard InChI is InChI=1S/C21H27N3O3.ClH/c25-19(18-13-14-7-1-4-10-17(14)23-18)22-11-5-6-12-24-20(26)15-8-2-3-9-16(15)21(24)27;/h2-3,8-9,14,17-18,23H,1,4-7,10-13H2,(H,22,25);1H. The first-order chi connectivity index (χ1) is 13.1. The van der Waals surface area contributed by atoms with E-state index in [4.69, 9.17) is 0 Å². The molecule has 4 rings (SSSR count). The van der Waals surface area contributed by atoms with Gasteiger partial charge < -0.3 is 10.6 Å². The molecule has 0 bridgehead atoms. The number of halogens is 1. The number of fused-ring (bicyclic) bond motifs is 2. The van der Waals surface area contributed by atoms with Crippen molar-refractivity contribution >= 4 is 30.1 Å². The van der Waals surface area contributed by atoms with Gasteiger partial charge in [-0.2, -0.15) is 0 Å². The quantitative estimate of drug-likeness (QED) is 0.563. The lowest BCUT2D eigenvalue weighted by Gasteiger charge is -2.24. The number of benzene rings is 1. The zero-order valence-corrected chi connectivity index (χ0v) is 16.8. The van der Waals surface area contributed by atoms with E-state index in [1.54, 1.807) is 24.3 Å². The molecular weight excluding hydrogens is 378 g/mol. The molecule has 7 heteroatoms. The van der Waals surface area contributed by atoms with E-state index in [9.17, 15) is 14.4 Å². The van der Waals surface area contributed by atoms with Crippen molar-refractivity contribution in [2.75, 3.05) is 13.1 Å². The van der Waals surface area contributed by atoms with Crippen LogP contribution in [0.3, 0.4) is 0 Å². The Morgan fingerprint density at radius 3 is 2.43 bits per heavy atom. The van der Waals surface area contributed by atoms with Crippen LogP contribution in [0.4, 0.5) is 0 Å². The molecule has 2 heterocycles. The average Bonchev–Trinajstić information content (AvgIpc) is 3.23. The van der Waals surface area contributed by atoms with Crippen molar-refractivity contribution in [1.82, 2.24) is 15.5 Å². The van der Waals surface area contributed by atoms with Crippen LogP contribution in [0.25, 0.3) is 0 Å². The summed E-state index contributed by atoms with van der Waals surface area (Å²) in [6, 6.07) is 7.40. The summed E-state index contributed by atoms with van der Waals surface area (Å²) in [6.07, 6.45) is 7.37. The molecule has 3 amide bonds. The van der Waals surface area contributed by atoms with Gasteiger partial charge in [0.25, 0.3) is 11.8 Å². The van der Waals surface area contributed by atoms with Gasteiger partial charge in [0, 0.05) is 19.1 Å². The summed E-state index contributed by atoms with van der Waals surface area (Å²) in [4.78, 5) is 38.3. The third kappa shape index (κ3) is 4.08. The minimum Gasteiger partial charge on any atom is -0.355 e. The third-order valence-corrected chi connectivity index (χ3v) is 6.17. The van der Waals surface area contributed by atoms with Crippen LogP contribution in [0.5, 0.6) is 0 Å². The van der Waals surface area contributed by atoms with Gasteiger partial charge in [-0.15, -0.1) is 12.4 Å². The molecule has 1 aliphatic carbocycles. The molecule has 0 radical (unpaired) electrons. The second-order valence-electron chi connectivity index (χ2n) is 7.91. The van der Waals surface area contributed by atoms with Crippen molar-refractivity contribution in [2.45, 2.75) is 57.0 Å². The Bertz CT molecular complexity index is 705. The van der Waals surface area contributed by atoms with Gasteiger partial charge in [-0.3, -0.25) is 19.3 Å². The Hall–Kier alpha value is -1.92. The lowest BCUT2D eigenvalue weighted by atomic mass is 9.85. The van der Waals surface area contributed by atoms with Crippen LogP contribution in [0, 0.1) is 5.92 Å². The first-order valence-corrected chi connectivity index (χ1v) is 10.1. The van der Waals surface area contributed by atoms with Crippen molar-refractivity contribution in [3.05, 3.63) is 35.4 Å². The Labute approximate surface area is 171 Å². The molecule has 152 valence electrons. The van der Waals surface area contributed by atoms with E-state index in [1.165, 1.54) is 30.6 Å². The van der Waals surface area contributed by atoms with E-state index in [-0.39, 0.29) is 36.2 Å². The van der Waals surface area contributed by atoms with Crippen LogP contribution in [0.1, 0.15) is 65.7 Å². The third-order valence-electron chi connectivity index (χ3n) is 6.17. The van der Waals surface area contributed by atoms with Gasteiger partial charge in [0.15, 0.2) is 0 Å². The van der Waals surface area contributed by atoms with Gasteiger partial charge in [0.05, 0.1) is 17.2 Å². The van der Waals surface area contributed by atoms with Crippen LogP contribution in [0.15, 0.2) is 24.3 Å². The lowest BCUT2D eigenvalue weighted by Crippen LogP contribution is -2.43. The highest BCUT2D eigenvalue weighted by Gasteiger charge is 2.38. The lowest BCUT2D eigenvalue weighted by molar-refractivity contribution is -0.122. The van der Waals surface area contributed by atoms with E-state index < -0.39 is 0 Å². The molecule has 0 aromatic heterocycles. The van der Waals surface area contributed by atoms with E-state index in [0.29, 0.717) is 42.6 Å². The Morgan fingerprint density at radius 2 is 1.75 bits per heavy atom. The van der Waals surface area contributed by atoms with Crippen LogP contribution in [-0.4, -0.2) is 47.8 Å². The van der Waals surface area contributed by atoms with Crippen molar-refractivity contribution in [3.8, 4) is 0 Å². The number of hydrogen-bond acceptors (Lipinski definition) is 4. The van der Waals surface area contributed by atoms with Crippen molar-refractivity contribution in [2.24, 2.45) is 5.92 Å². The van der Waals surface area contributed by atoms with E-state index in [1.807, 2.05) is 0 Å². The summed E-state index contributed by atoms with van der Waals surface area (Å²) in [5.74, 6) is 0.322. The number of nitrogens with one attached hydrogen (secondary N) is 2. The number of hydrogen-bond donors (Lipinski definition) is 2. The number of unbranched alkanes of at least 4 members (excludes halogenated alkanes) is 1. The maximum Gasteiger partial charge on any atom is 0.261 e. The Kier molecular flexibility index (Phi) is 6.73. The molecule has 3 atom stereocenters. The number of rotatable bonds is 6.